The number of nitrogens with zero attached hydrogens (tertiary/aromatic N) is 4. The van der Waals surface area contributed by atoms with Crippen molar-refractivity contribution in [2.75, 3.05) is 20.3 Å². The third-order valence-electron chi connectivity index (χ3n) is 6.48. The van der Waals surface area contributed by atoms with E-state index in [4.69, 9.17) is 9.84 Å². The van der Waals surface area contributed by atoms with Gasteiger partial charge in [0.15, 0.2) is 0 Å². The molecule has 1 N–H and O–H groups in total. The number of ether oxygens (including phenoxy) is 1. The van der Waals surface area contributed by atoms with Crippen molar-refractivity contribution in [2.45, 2.75) is 32.4 Å². The van der Waals surface area contributed by atoms with Crippen LogP contribution in [0.1, 0.15) is 41.9 Å². The van der Waals surface area contributed by atoms with Crippen LogP contribution >= 0.6 is 0 Å². The van der Waals surface area contributed by atoms with Crippen molar-refractivity contribution in [1.82, 2.24) is 24.6 Å². The van der Waals surface area contributed by atoms with E-state index in [1.165, 1.54) is 0 Å². The molecular formula is C28H31N5O2. The first-order chi connectivity index (χ1) is 17.2. The topological polar surface area (TPSA) is 64.3 Å². The Morgan fingerprint density at radius 1 is 1.06 bits per heavy atom. The highest BCUT2D eigenvalue weighted by molar-refractivity contribution is 5.76. The van der Waals surface area contributed by atoms with Gasteiger partial charge in [-0.15, -0.1) is 0 Å². The van der Waals surface area contributed by atoms with E-state index in [2.05, 4.69) is 53.3 Å². The van der Waals surface area contributed by atoms with Crippen LogP contribution in [-0.4, -0.2) is 45.5 Å². The summed E-state index contributed by atoms with van der Waals surface area (Å²) >= 11 is 0. The zero-order valence-electron chi connectivity index (χ0n) is 20.2. The molecule has 0 saturated carbocycles. The molecule has 2 aromatic heterocycles. The second-order valence-corrected chi connectivity index (χ2v) is 8.67. The Morgan fingerprint density at radius 2 is 1.80 bits per heavy atom. The quantitative estimate of drug-likeness (QED) is 0.393. The summed E-state index contributed by atoms with van der Waals surface area (Å²) in [6.45, 7) is 3.74. The highest BCUT2D eigenvalue weighted by Crippen LogP contribution is 2.38. The molecule has 0 bridgehead atoms. The molecule has 1 atom stereocenters. The van der Waals surface area contributed by atoms with Crippen molar-refractivity contribution >= 4 is 6.03 Å². The molecule has 0 fully saturated rings. The number of nitrogens with one attached hydrogen (secondary N) is 1. The third kappa shape index (κ3) is 4.35. The number of para-hydroxylation sites is 1. The Hall–Kier alpha value is -3.84. The first-order valence-corrected chi connectivity index (χ1v) is 12.1. The summed E-state index contributed by atoms with van der Waals surface area (Å²) in [5.74, 6) is 0.990. The van der Waals surface area contributed by atoms with E-state index in [-0.39, 0.29) is 12.1 Å². The molecule has 1 unspecified atom stereocenters. The van der Waals surface area contributed by atoms with Crippen LogP contribution in [0.3, 0.4) is 0 Å². The lowest BCUT2D eigenvalue weighted by molar-refractivity contribution is 0.174. The molecule has 180 valence electrons. The molecule has 35 heavy (non-hydrogen) atoms. The number of carbonyl (C=O) groups excluding carboxylic acids is 1. The molecule has 0 radical (unpaired) electrons. The van der Waals surface area contributed by atoms with E-state index in [0.29, 0.717) is 19.7 Å². The van der Waals surface area contributed by atoms with Crippen molar-refractivity contribution < 1.29 is 9.53 Å². The van der Waals surface area contributed by atoms with Gasteiger partial charge in [0.2, 0.25) is 0 Å². The number of fused-ring (bicyclic) bond motifs is 3. The third-order valence-corrected chi connectivity index (χ3v) is 6.48. The van der Waals surface area contributed by atoms with Gasteiger partial charge in [-0.05, 0) is 42.7 Å². The number of methoxy groups -OCH3 is 1. The maximum absolute atomic E-state index is 13.7. The van der Waals surface area contributed by atoms with E-state index in [9.17, 15) is 4.79 Å². The fourth-order valence-corrected chi connectivity index (χ4v) is 4.85. The lowest BCUT2D eigenvalue weighted by Crippen LogP contribution is -2.42. The highest BCUT2D eigenvalue weighted by atomic mass is 16.5. The molecule has 1 aliphatic rings. The maximum atomic E-state index is 13.7. The number of benzene rings is 2. The minimum Gasteiger partial charge on any atom is -0.385 e. The molecule has 0 spiro atoms. The lowest BCUT2D eigenvalue weighted by atomic mass is 10.0. The Bertz CT molecular complexity index is 1280. The van der Waals surface area contributed by atoms with Crippen LogP contribution in [-0.2, 0) is 17.7 Å². The minimum atomic E-state index is -0.241. The van der Waals surface area contributed by atoms with Crippen LogP contribution in [0.4, 0.5) is 4.79 Å². The SMILES string of the molecule is CCc1nn(-c2ccccc2)c2c1CN(C(=O)NCCCOC)C(c1ccccc1)c1cccn1-2. The largest absolute Gasteiger partial charge is 0.385 e. The number of hydrogen-bond acceptors (Lipinski definition) is 3. The highest BCUT2D eigenvalue weighted by Gasteiger charge is 2.36. The van der Waals surface area contributed by atoms with Gasteiger partial charge < -0.3 is 19.5 Å². The van der Waals surface area contributed by atoms with Crippen LogP contribution in [0.5, 0.6) is 0 Å². The summed E-state index contributed by atoms with van der Waals surface area (Å²) in [6, 6.07) is 24.2. The van der Waals surface area contributed by atoms with Crippen molar-refractivity contribution in [3.05, 3.63) is 102 Å². The van der Waals surface area contributed by atoms with Gasteiger partial charge in [-0.25, -0.2) is 9.48 Å². The summed E-state index contributed by atoms with van der Waals surface area (Å²) in [6.07, 6.45) is 3.61. The zero-order chi connectivity index (χ0) is 24.2. The van der Waals surface area contributed by atoms with Gasteiger partial charge >= 0.3 is 6.03 Å². The predicted molar refractivity (Wildman–Crippen MR) is 136 cm³/mol. The van der Waals surface area contributed by atoms with E-state index >= 15 is 0 Å². The summed E-state index contributed by atoms with van der Waals surface area (Å²) in [7, 11) is 1.68. The molecule has 5 rings (SSSR count). The summed E-state index contributed by atoms with van der Waals surface area (Å²) < 4.78 is 9.37. The molecule has 2 aromatic carbocycles. The van der Waals surface area contributed by atoms with Gasteiger partial charge in [-0.3, -0.25) is 0 Å². The molecule has 3 heterocycles. The first kappa shape index (κ1) is 22.9. The van der Waals surface area contributed by atoms with Crippen molar-refractivity contribution in [2.24, 2.45) is 0 Å². The smallest absolute Gasteiger partial charge is 0.318 e. The summed E-state index contributed by atoms with van der Waals surface area (Å²) in [5.41, 5.74) is 5.16. The molecule has 0 saturated heterocycles. The van der Waals surface area contributed by atoms with Gasteiger partial charge in [0.1, 0.15) is 5.82 Å². The Balaban J connectivity index is 1.67. The van der Waals surface area contributed by atoms with E-state index in [1.807, 2.05) is 52.0 Å². The van der Waals surface area contributed by atoms with Crippen LogP contribution in [0.2, 0.25) is 0 Å². The van der Waals surface area contributed by atoms with Crippen molar-refractivity contribution in [3.63, 3.8) is 0 Å². The van der Waals surface area contributed by atoms with Gasteiger partial charge in [-0.2, -0.15) is 5.10 Å². The molecule has 2 amide bonds. The lowest BCUT2D eigenvalue weighted by Gasteiger charge is -2.31. The monoisotopic (exact) mass is 469 g/mol. The van der Waals surface area contributed by atoms with Crippen molar-refractivity contribution in [3.8, 4) is 11.5 Å². The van der Waals surface area contributed by atoms with Gasteiger partial charge in [0.25, 0.3) is 0 Å². The molecular weight excluding hydrogens is 438 g/mol. The van der Waals surface area contributed by atoms with E-state index < -0.39 is 0 Å². The van der Waals surface area contributed by atoms with Crippen molar-refractivity contribution in [1.29, 1.82) is 0 Å². The van der Waals surface area contributed by atoms with Gasteiger partial charge in [-0.1, -0.05) is 55.5 Å². The number of rotatable bonds is 7. The molecule has 7 nitrogen and oxygen atoms in total. The normalized spacial score (nSPS) is 14.8. The number of aryl methyl sites for hydroxylation is 1. The molecule has 1 aliphatic heterocycles. The Labute approximate surface area is 205 Å². The summed E-state index contributed by atoms with van der Waals surface area (Å²) in [4.78, 5) is 15.6. The zero-order valence-corrected chi connectivity index (χ0v) is 20.2. The fourth-order valence-electron chi connectivity index (χ4n) is 4.85. The molecule has 7 heteroatoms. The average Bonchev–Trinajstić information content (AvgIpc) is 3.48. The van der Waals surface area contributed by atoms with Crippen LogP contribution in [0.15, 0.2) is 79.0 Å². The second kappa shape index (κ2) is 10.2. The minimum absolute atomic E-state index is 0.0925. The first-order valence-electron chi connectivity index (χ1n) is 12.1. The maximum Gasteiger partial charge on any atom is 0.318 e. The van der Waals surface area contributed by atoms with Crippen LogP contribution in [0.25, 0.3) is 11.5 Å². The van der Waals surface area contributed by atoms with E-state index in [0.717, 1.165) is 46.9 Å². The molecule has 0 aliphatic carbocycles. The van der Waals surface area contributed by atoms with Crippen LogP contribution in [0, 0.1) is 0 Å². The number of urea groups is 1. The Morgan fingerprint density at radius 3 is 2.51 bits per heavy atom. The van der Waals surface area contributed by atoms with Gasteiger partial charge in [0.05, 0.1) is 29.7 Å². The van der Waals surface area contributed by atoms with E-state index in [1.54, 1.807) is 7.11 Å². The molecule has 4 aromatic rings. The second-order valence-electron chi connectivity index (χ2n) is 8.67. The number of aromatic nitrogens is 3. The fraction of sp³-hybridized carbons (Fsp3) is 0.286. The number of carbonyl (C=O) groups is 1. The predicted octanol–water partition coefficient (Wildman–Crippen LogP) is 4.88. The Kier molecular flexibility index (Phi) is 6.68. The number of amides is 2. The average molecular weight is 470 g/mol. The standard InChI is InChI=1S/C28H31N5O2/c1-3-24-23-20-32(28(34)29-17-11-19-35-2)26(21-12-6-4-7-13-21)25-16-10-18-31(25)27(23)33(30-24)22-14-8-5-9-15-22/h4-10,12-16,18,26H,3,11,17,19-20H2,1-2H3,(H,29,34). The summed E-state index contributed by atoms with van der Waals surface area (Å²) in [5, 5.41) is 8.11. The number of hydrogen-bond donors (Lipinski definition) is 1. The van der Waals surface area contributed by atoms with Gasteiger partial charge in [0, 0.05) is 32.0 Å². The van der Waals surface area contributed by atoms with Crippen LogP contribution < -0.4 is 5.32 Å².